The molecule has 2 aromatic carbocycles. The number of halogens is 2. The maximum Gasteiger partial charge on any atom is 0.238 e. The summed E-state index contributed by atoms with van der Waals surface area (Å²) in [7, 11) is -3.70. The van der Waals surface area contributed by atoms with Gasteiger partial charge in [0.15, 0.2) is 5.96 Å². The minimum absolute atomic E-state index is 0. The van der Waals surface area contributed by atoms with Crippen LogP contribution in [0.25, 0.3) is 0 Å². The Morgan fingerprint density at radius 1 is 1.00 bits per heavy atom. The van der Waals surface area contributed by atoms with Crippen LogP contribution in [0.1, 0.15) is 16.9 Å². The van der Waals surface area contributed by atoms with Crippen LogP contribution in [0, 0.1) is 0 Å². The standard InChI is InChI=1S/C21H23ClN4O3S.HI/c22-18-7-3-16(4-8-18)14-25-21(24-12-11-19-2-1-13-29-19)26-15-17-5-9-20(10-6-17)30(23,27)28;/h1-10,13H,11-12,14-15H2,(H2,23,27,28)(H2,24,25,26);1H. The smallest absolute Gasteiger partial charge is 0.238 e. The third-order valence-electron chi connectivity index (χ3n) is 4.29. The van der Waals surface area contributed by atoms with E-state index in [0.29, 0.717) is 30.6 Å². The summed E-state index contributed by atoms with van der Waals surface area (Å²) in [6, 6.07) is 17.7. The Bertz CT molecular complexity index is 1070. The van der Waals surface area contributed by atoms with Crippen molar-refractivity contribution in [2.24, 2.45) is 10.1 Å². The summed E-state index contributed by atoms with van der Waals surface area (Å²) in [5.41, 5.74) is 1.93. The number of sulfonamides is 1. The van der Waals surface area contributed by atoms with E-state index in [0.717, 1.165) is 23.3 Å². The summed E-state index contributed by atoms with van der Waals surface area (Å²) in [6.07, 6.45) is 2.37. The molecule has 0 aliphatic heterocycles. The summed E-state index contributed by atoms with van der Waals surface area (Å²) >= 11 is 5.93. The zero-order valence-electron chi connectivity index (χ0n) is 16.6. The molecule has 0 spiro atoms. The first-order valence-corrected chi connectivity index (χ1v) is 11.2. The van der Waals surface area contributed by atoms with Gasteiger partial charge < -0.3 is 15.1 Å². The molecule has 0 saturated heterocycles. The second-order valence-electron chi connectivity index (χ2n) is 6.59. The number of benzene rings is 2. The summed E-state index contributed by atoms with van der Waals surface area (Å²) < 4.78 is 28.1. The lowest BCUT2D eigenvalue weighted by molar-refractivity contribution is 0.506. The molecular formula is C21H24ClIN4O3S. The van der Waals surface area contributed by atoms with Crippen molar-refractivity contribution in [1.29, 1.82) is 0 Å². The number of rotatable bonds is 8. The molecule has 1 aromatic heterocycles. The first-order chi connectivity index (χ1) is 14.4. The molecule has 3 rings (SSSR count). The van der Waals surface area contributed by atoms with Gasteiger partial charge in [-0.25, -0.2) is 18.5 Å². The van der Waals surface area contributed by atoms with E-state index in [2.05, 4.69) is 15.6 Å². The minimum Gasteiger partial charge on any atom is -0.469 e. The van der Waals surface area contributed by atoms with Crippen molar-refractivity contribution >= 4 is 51.6 Å². The fourth-order valence-electron chi connectivity index (χ4n) is 2.68. The predicted molar refractivity (Wildman–Crippen MR) is 133 cm³/mol. The Labute approximate surface area is 204 Å². The van der Waals surface area contributed by atoms with Crippen molar-refractivity contribution in [1.82, 2.24) is 10.6 Å². The van der Waals surface area contributed by atoms with Crippen LogP contribution in [0.4, 0.5) is 0 Å². The van der Waals surface area contributed by atoms with Crippen LogP contribution in [-0.2, 0) is 29.5 Å². The molecule has 0 saturated carbocycles. The third kappa shape index (κ3) is 8.52. The molecular weight excluding hydrogens is 551 g/mol. The highest BCUT2D eigenvalue weighted by Gasteiger charge is 2.07. The normalized spacial score (nSPS) is 11.6. The van der Waals surface area contributed by atoms with Gasteiger partial charge in [0.2, 0.25) is 10.0 Å². The summed E-state index contributed by atoms with van der Waals surface area (Å²) in [6.45, 7) is 1.60. The maximum absolute atomic E-state index is 11.4. The molecule has 7 nitrogen and oxygen atoms in total. The third-order valence-corrected chi connectivity index (χ3v) is 5.47. The lowest BCUT2D eigenvalue weighted by Crippen LogP contribution is -2.38. The first-order valence-electron chi connectivity index (χ1n) is 9.31. The average Bonchev–Trinajstić information content (AvgIpc) is 3.24. The SMILES string of the molecule is I.NS(=O)(=O)c1ccc(CNC(=NCc2ccc(Cl)cc2)NCCc2ccco2)cc1. The Kier molecular flexibility index (Phi) is 9.82. The second kappa shape index (κ2) is 12.1. The van der Waals surface area contributed by atoms with Crippen molar-refractivity contribution in [3.8, 4) is 0 Å². The van der Waals surface area contributed by atoms with E-state index < -0.39 is 10.0 Å². The predicted octanol–water partition coefficient (Wildman–Crippen LogP) is 3.68. The van der Waals surface area contributed by atoms with E-state index in [4.69, 9.17) is 21.2 Å². The van der Waals surface area contributed by atoms with E-state index in [1.165, 1.54) is 12.1 Å². The van der Waals surface area contributed by atoms with Crippen LogP contribution in [0.15, 0.2) is 81.2 Å². The van der Waals surface area contributed by atoms with E-state index in [9.17, 15) is 8.42 Å². The zero-order valence-corrected chi connectivity index (χ0v) is 20.5. The number of primary sulfonamides is 1. The lowest BCUT2D eigenvalue weighted by Gasteiger charge is -2.13. The van der Waals surface area contributed by atoms with Crippen LogP contribution in [0.3, 0.4) is 0 Å². The zero-order chi connectivity index (χ0) is 21.4. The van der Waals surface area contributed by atoms with Crippen LogP contribution in [0.5, 0.6) is 0 Å². The van der Waals surface area contributed by atoms with E-state index >= 15 is 0 Å². The van der Waals surface area contributed by atoms with Crippen LogP contribution < -0.4 is 15.8 Å². The molecule has 3 aromatic rings. The number of nitrogens with two attached hydrogens (primary N) is 1. The van der Waals surface area contributed by atoms with E-state index in [-0.39, 0.29) is 28.9 Å². The highest BCUT2D eigenvalue weighted by molar-refractivity contribution is 14.0. The van der Waals surface area contributed by atoms with Crippen molar-refractivity contribution in [2.45, 2.75) is 24.4 Å². The second-order valence-corrected chi connectivity index (χ2v) is 8.59. The van der Waals surface area contributed by atoms with Gasteiger partial charge in [-0.2, -0.15) is 0 Å². The molecule has 0 aliphatic carbocycles. The van der Waals surface area contributed by atoms with E-state index in [1.54, 1.807) is 18.4 Å². The minimum atomic E-state index is -3.70. The Morgan fingerprint density at radius 3 is 2.29 bits per heavy atom. The fraction of sp³-hybridized carbons (Fsp3) is 0.190. The Hall–Kier alpha value is -2.08. The van der Waals surface area contributed by atoms with Gasteiger partial charge in [-0.15, -0.1) is 24.0 Å². The molecule has 0 atom stereocenters. The van der Waals surface area contributed by atoms with Crippen molar-refractivity contribution < 1.29 is 12.8 Å². The van der Waals surface area contributed by atoms with Gasteiger partial charge >= 0.3 is 0 Å². The van der Waals surface area contributed by atoms with Crippen LogP contribution >= 0.6 is 35.6 Å². The number of guanidine groups is 1. The number of nitrogens with one attached hydrogen (secondary N) is 2. The van der Waals surface area contributed by atoms with Crippen LogP contribution in [0.2, 0.25) is 5.02 Å². The average molecular weight is 575 g/mol. The largest absolute Gasteiger partial charge is 0.469 e. The molecule has 0 aliphatic rings. The van der Waals surface area contributed by atoms with Gasteiger partial charge in [-0.3, -0.25) is 0 Å². The number of nitrogens with zero attached hydrogens (tertiary/aromatic N) is 1. The van der Waals surface area contributed by atoms with Gasteiger partial charge in [0.1, 0.15) is 5.76 Å². The molecule has 0 fully saturated rings. The molecule has 0 unspecified atom stereocenters. The quantitative estimate of drug-likeness (QED) is 0.216. The molecule has 166 valence electrons. The Balaban J connectivity index is 0.00000341. The summed E-state index contributed by atoms with van der Waals surface area (Å²) in [5.74, 6) is 1.52. The topological polar surface area (TPSA) is 110 Å². The first kappa shape index (κ1) is 25.2. The highest BCUT2D eigenvalue weighted by atomic mass is 127. The van der Waals surface area contributed by atoms with Crippen molar-refractivity contribution in [3.63, 3.8) is 0 Å². The van der Waals surface area contributed by atoms with Crippen molar-refractivity contribution in [2.75, 3.05) is 6.54 Å². The van der Waals surface area contributed by atoms with Crippen LogP contribution in [-0.4, -0.2) is 20.9 Å². The number of hydrogen-bond donors (Lipinski definition) is 3. The molecule has 4 N–H and O–H groups in total. The highest BCUT2D eigenvalue weighted by Crippen LogP contribution is 2.11. The lowest BCUT2D eigenvalue weighted by atomic mass is 10.2. The summed E-state index contributed by atoms with van der Waals surface area (Å²) in [4.78, 5) is 4.70. The molecule has 0 bridgehead atoms. The Morgan fingerprint density at radius 2 is 1.68 bits per heavy atom. The van der Waals surface area contributed by atoms with Gasteiger partial charge in [0.05, 0.1) is 17.7 Å². The molecule has 31 heavy (non-hydrogen) atoms. The summed E-state index contributed by atoms with van der Waals surface area (Å²) in [5, 5.41) is 12.4. The fourth-order valence-corrected chi connectivity index (χ4v) is 3.32. The number of aliphatic imine (C=N–C) groups is 1. The van der Waals surface area contributed by atoms with Crippen molar-refractivity contribution in [3.05, 3.63) is 88.8 Å². The molecule has 0 amide bonds. The number of hydrogen-bond acceptors (Lipinski definition) is 4. The number of furan rings is 1. The van der Waals surface area contributed by atoms with E-state index in [1.807, 2.05) is 36.4 Å². The van der Waals surface area contributed by atoms with Gasteiger partial charge in [0.25, 0.3) is 0 Å². The molecule has 0 radical (unpaired) electrons. The molecule has 1 heterocycles. The van der Waals surface area contributed by atoms with Gasteiger partial charge in [-0.05, 0) is 47.5 Å². The monoisotopic (exact) mass is 574 g/mol. The molecule has 10 heteroatoms. The van der Waals surface area contributed by atoms with Gasteiger partial charge in [-0.1, -0.05) is 35.9 Å². The maximum atomic E-state index is 11.4. The van der Waals surface area contributed by atoms with Gasteiger partial charge in [0, 0.05) is 24.5 Å².